The van der Waals surface area contributed by atoms with Gasteiger partial charge in [-0.1, -0.05) is 6.42 Å². The van der Waals surface area contributed by atoms with Crippen LogP contribution in [0.4, 0.5) is 4.79 Å². The molecule has 2 unspecified atom stereocenters. The lowest BCUT2D eigenvalue weighted by molar-refractivity contribution is -0.141. The number of carbonyl (C=O) groups excluding carboxylic acids is 1. The molecule has 0 bridgehead atoms. The molecule has 2 atom stereocenters. The lowest BCUT2D eigenvalue weighted by Crippen LogP contribution is -2.48. The van der Waals surface area contributed by atoms with Gasteiger partial charge in [-0.2, -0.15) is 0 Å². The number of ether oxygens (including phenoxy) is 1. The number of methoxy groups -OCH3 is 1. The summed E-state index contributed by atoms with van der Waals surface area (Å²) >= 11 is 0. The number of aliphatic carboxylic acids is 1. The Morgan fingerprint density at radius 2 is 2.11 bits per heavy atom. The van der Waals surface area contributed by atoms with Gasteiger partial charge in [-0.05, 0) is 18.8 Å². The molecule has 0 aromatic carbocycles. The minimum Gasteiger partial charge on any atom is -0.480 e. The maximum Gasteiger partial charge on any atom is 0.326 e. The number of carboxylic acid groups (broad SMARTS) is 1. The molecule has 1 aliphatic carbocycles. The molecular weight excluding hydrogens is 248 g/mol. The van der Waals surface area contributed by atoms with E-state index in [0.29, 0.717) is 18.9 Å². The molecule has 0 spiro atoms. The monoisotopic (exact) mass is 270 g/mol. The number of carbonyl (C=O) groups is 2. The minimum atomic E-state index is -0.954. The second-order valence-corrected chi connectivity index (χ2v) is 5.56. The van der Waals surface area contributed by atoms with E-state index in [1.54, 1.807) is 19.1 Å². The van der Waals surface area contributed by atoms with Crippen molar-refractivity contribution >= 4 is 12.0 Å². The van der Waals surface area contributed by atoms with Crippen molar-refractivity contribution in [3.8, 4) is 0 Å². The van der Waals surface area contributed by atoms with Crippen LogP contribution >= 0.6 is 0 Å². The molecule has 1 aliphatic heterocycles. The van der Waals surface area contributed by atoms with E-state index in [0.717, 1.165) is 6.54 Å². The first-order valence-corrected chi connectivity index (χ1v) is 6.80. The molecular formula is C13H22N2O4. The highest BCUT2D eigenvalue weighted by Crippen LogP contribution is 2.28. The number of nitrogens with zero attached hydrogens (tertiary/aromatic N) is 2. The maximum absolute atomic E-state index is 12.3. The van der Waals surface area contributed by atoms with Crippen molar-refractivity contribution in [2.75, 3.05) is 27.2 Å². The van der Waals surface area contributed by atoms with Gasteiger partial charge < -0.3 is 19.6 Å². The third-order valence-corrected chi connectivity index (χ3v) is 4.21. The summed E-state index contributed by atoms with van der Waals surface area (Å²) in [5.41, 5.74) is 0. The van der Waals surface area contributed by atoms with Crippen LogP contribution in [0.25, 0.3) is 0 Å². The van der Waals surface area contributed by atoms with Crippen molar-refractivity contribution in [3.63, 3.8) is 0 Å². The molecule has 1 saturated carbocycles. The van der Waals surface area contributed by atoms with E-state index in [9.17, 15) is 14.7 Å². The summed E-state index contributed by atoms with van der Waals surface area (Å²) in [4.78, 5) is 26.6. The average Bonchev–Trinajstić information content (AvgIpc) is 2.76. The second kappa shape index (κ2) is 5.77. The van der Waals surface area contributed by atoms with Crippen LogP contribution in [0.5, 0.6) is 0 Å². The van der Waals surface area contributed by atoms with Gasteiger partial charge in [0.15, 0.2) is 0 Å². The molecule has 19 heavy (non-hydrogen) atoms. The molecule has 2 rings (SSSR count). The van der Waals surface area contributed by atoms with E-state index in [1.165, 1.54) is 24.2 Å². The summed E-state index contributed by atoms with van der Waals surface area (Å²) in [6.07, 6.45) is 3.76. The van der Waals surface area contributed by atoms with E-state index in [1.807, 2.05) is 0 Å². The highest BCUT2D eigenvalue weighted by atomic mass is 16.5. The van der Waals surface area contributed by atoms with Gasteiger partial charge in [0.05, 0.1) is 6.10 Å². The van der Waals surface area contributed by atoms with Gasteiger partial charge in [-0.15, -0.1) is 0 Å². The van der Waals surface area contributed by atoms with Gasteiger partial charge in [0.1, 0.15) is 6.04 Å². The number of carboxylic acids is 1. The van der Waals surface area contributed by atoms with Crippen LogP contribution in [-0.2, 0) is 9.53 Å². The quantitative estimate of drug-likeness (QED) is 0.827. The largest absolute Gasteiger partial charge is 0.480 e. The zero-order chi connectivity index (χ0) is 14.0. The summed E-state index contributed by atoms with van der Waals surface area (Å²) in [6, 6.07) is -0.958. The van der Waals surface area contributed by atoms with Gasteiger partial charge in [0.25, 0.3) is 0 Å². The molecule has 6 heteroatoms. The first-order chi connectivity index (χ1) is 9.02. The molecule has 2 fully saturated rings. The highest BCUT2D eigenvalue weighted by molar-refractivity contribution is 5.83. The smallest absolute Gasteiger partial charge is 0.326 e. The Hall–Kier alpha value is -1.30. The van der Waals surface area contributed by atoms with Crippen LogP contribution in [0.3, 0.4) is 0 Å². The number of hydrogen-bond donors (Lipinski definition) is 1. The second-order valence-electron chi connectivity index (χ2n) is 5.56. The minimum absolute atomic E-state index is 0.179. The van der Waals surface area contributed by atoms with Crippen molar-refractivity contribution in [1.82, 2.24) is 9.80 Å². The van der Waals surface area contributed by atoms with Crippen LogP contribution in [0.2, 0.25) is 0 Å². The molecule has 0 aromatic rings. The molecule has 108 valence electrons. The summed E-state index contributed by atoms with van der Waals surface area (Å²) in [6.45, 7) is 1.08. The van der Waals surface area contributed by atoms with Crippen molar-refractivity contribution in [2.45, 2.75) is 37.8 Å². The van der Waals surface area contributed by atoms with Gasteiger partial charge in [-0.3, -0.25) is 0 Å². The lowest BCUT2D eigenvalue weighted by atomic mass is 9.85. The van der Waals surface area contributed by atoms with Crippen molar-refractivity contribution in [2.24, 2.45) is 5.92 Å². The third-order valence-electron chi connectivity index (χ3n) is 4.21. The first-order valence-electron chi connectivity index (χ1n) is 6.80. The highest BCUT2D eigenvalue weighted by Gasteiger charge is 2.41. The predicted molar refractivity (Wildman–Crippen MR) is 68.9 cm³/mol. The fourth-order valence-electron chi connectivity index (χ4n) is 2.77. The Morgan fingerprint density at radius 3 is 2.58 bits per heavy atom. The van der Waals surface area contributed by atoms with E-state index >= 15 is 0 Å². The SMILES string of the molecule is COC1CC(C(=O)O)N(C(=O)N(C)CC2CCC2)C1. The van der Waals surface area contributed by atoms with E-state index in [2.05, 4.69) is 0 Å². The summed E-state index contributed by atoms with van der Waals surface area (Å²) in [7, 11) is 3.30. The number of hydrogen-bond acceptors (Lipinski definition) is 3. The summed E-state index contributed by atoms with van der Waals surface area (Å²) < 4.78 is 5.19. The fraction of sp³-hybridized carbons (Fsp3) is 0.846. The predicted octanol–water partition coefficient (Wildman–Crippen LogP) is 1.01. The van der Waals surface area contributed by atoms with E-state index < -0.39 is 12.0 Å². The normalized spacial score (nSPS) is 27.2. The topological polar surface area (TPSA) is 70.1 Å². The first kappa shape index (κ1) is 14.1. The standard InChI is InChI=1S/C13H22N2O4/c1-14(7-9-4-3-5-9)13(18)15-8-10(19-2)6-11(15)12(16)17/h9-11H,3-8H2,1-2H3,(H,16,17). The number of urea groups is 1. The Kier molecular flexibility index (Phi) is 4.29. The Bertz CT molecular complexity index is 357. The summed E-state index contributed by atoms with van der Waals surface area (Å²) in [5.74, 6) is -0.372. The van der Waals surface area contributed by atoms with Crippen molar-refractivity contribution in [1.29, 1.82) is 0 Å². The van der Waals surface area contributed by atoms with Crippen LogP contribution in [0.1, 0.15) is 25.7 Å². The average molecular weight is 270 g/mol. The fourth-order valence-corrected chi connectivity index (χ4v) is 2.77. The Balaban J connectivity index is 1.96. The Labute approximate surface area is 113 Å². The maximum atomic E-state index is 12.3. The van der Waals surface area contributed by atoms with Gasteiger partial charge >= 0.3 is 12.0 Å². The molecule has 2 aliphatic rings. The van der Waals surface area contributed by atoms with Crippen LogP contribution in [-0.4, -0.2) is 66.3 Å². The molecule has 0 aromatic heterocycles. The number of rotatable bonds is 4. The third kappa shape index (κ3) is 3.00. The van der Waals surface area contributed by atoms with Crippen molar-refractivity contribution < 1.29 is 19.4 Å². The molecule has 6 nitrogen and oxygen atoms in total. The van der Waals surface area contributed by atoms with Gasteiger partial charge in [-0.25, -0.2) is 9.59 Å². The molecule has 1 N–H and O–H groups in total. The molecule has 1 saturated heterocycles. The van der Waals surface area contributed by atoms with E-state index in [-0.39, 0.29) is 12.1 Å². The molecule has 2 amide bonds. The molecule has 0 radical (unpaired) electrons. The van der Waals surface area contributed by atoms with Crippen molar-refractivity contribution in [3.05, 3.63) is 0 Å². The number of likely N-dealkylation sites (tertiary alicyclic amines) is 1. The van der Waals surface area contributed by atoms with Gasteiger partial charge in [0.2, 0.25) is 0 Å². The van der Waals surface area contributed by atoms with Crippen LogP contribution in [0.15, 0.2) is 0 Å². The van der Waals surface area contributed by atoms with Crippen LogP contribution in [0, 0.1) is 5.92 Å². The zero-order valence-electron chi connectivity index (χ0n) is 11.5. The number of amides is 2. The van der Waals surface area contributed by atoms with Gasteiger partial charge in [0, 0.05) is 33.7 Å². The Morgan fingerprint density at radius 1 is 1.42 bits per heavy atom. The van der Waals surface area contributed by atoms with Crippen LogP contribution < -0.4 is 0 Å². The zero-order valence-corrected chi connectivity index (χ0v) is 11.5. The van der Waals surface area contributed by atoms with E-state index in [4.69, 9.17) is 4.74 Å². The summed E-state index contributed by atoms with van der Waals surface area (Å²) in [5, 5.41) is 9.20. The molecule has 1 heterocycles. The lowest BCUT2D eigenvalue weighted by Gasteiger charge is -2.33.